The fourth-order valence-electron chi connectivity index (χ4n) is 2.11. The second kappa shape index (κ2) is 7.45. The van der Waals surface area contributed by atoms with Crippen molar-refractivity contribution in [1.82, 2.24) is 0 Å². The highest BCUT2D eigenvalue weighted by Crippen LogP contribution is 2.18. The van der Waals surface area contributed by atoms with Crippen LogP contribution in [0.15, 0.2) is 48.5 Å². The summed E-state index contributed by atoms with van der Waals surface area (Å²) in [6.07, 6.45) is 0.265. The van der Waals surface area contributed by atoms with Gasteiger partial charge in [0.15, 0.2) is 0 Å². The lowest BCUT2D eigenvalue weighted by Gasteiger charge is -2.15. The molecule has 2 amide bonds. The SMILES string of the molecule is COc1cccc(NC(=O)Cc2ccc(N(C)C(C)=O)cc2)c1. The summed E-state index contributed by atoms with van der Waals surface area (Å²) < 4.78 is 5.13. The van der Waals surface area contributed by atoms with E-state index >= 15 is 0 Å². The molecule has 0 saturated carbocycles. The highest BCUT2D eigenvalue weighted by Gasteiger charge is 2.08. The van der Waals surface area contributed by atoms with Crippen LogP contribution in [0.5, 0.6) is 5.75 Å². The Bertz CT molecular complexity index is 696. The highest BCUT2D eigenvalue weighted by atomic mass is 16.5. The summed E-state index contributed by atoms with van der Waals surface area (Å²) in [7, 11) is 3.30. The molecule has 0 unspecified atom stereocenters. The standard InChI is InChI=1S/C18H20N2O3/c1-13(21)20(2)16-9-7-14(8-10-16)11-18(22)19-15-5-4-6-17(12-15)23-3/h4-10,12H,11H2,1-3H3,(H,19,22). The van der Waals surface area contributed by atoms with E-state index in [0.717, 1.165) is 11.3 Å². The molecule has 0 bridgehead atoms. The molecule has 0 saturated heterocycles. The maximum absolute atomic E-state index is 12.1. The summed E-state index contributed by atoms with van der Waals surface area (Å²) in [4.78, 5) is 25.0. The third kappa shape index (κ3) is 4.57. The van der Waals surface area contributed by atoms with Gasteiger partial charge in [-0.15, -0.1) is 0 Å². The number of carbonyl (C=O) groups excluding carboxylic acids is 2. The molecule has 0 radical (unpaired) electrons. The molecule has 1 N–H and O–H groups in total. The first kappa shape index (κ1) is 16.5. The van der Waals surface area contributed by atoms with E-state index in [-0.39, 0.29) is 18.2 Å². The van der Waals surface area contributed by atoms with E-state index in [0.29, 0.717) is 11.4 Å². The minimum Gasteiger partial charge on any atom is -0.497 e. The molecule has 0 aliphatic rings. The lowest BCUT2D eigenvalue weighted by Crippen LogP contribution is -2.22. The van der Waals surface area contributed by atoms with Crippen molar-refractivity contribution in [3.05, 3.63) is 54.1 Å². The largest absolute Gasteiger partial charge is 0.497 e. The molecule has 120 valence electrons. The van der Waals surface area contributed by atoms with E-state index in [1.165, 1.54) is 6.92 Å². The fourth-order valence-corrected chi connectivity index (χ4v) is 2.11. The molecule has 0 aliphatic heterocycles. The Labute approximate surface area is 135 Å². The van der Waals surface area contributed by atoms with E-state index in [2.05, 4.69) is 5.32 Å². The minimum atomic E-state index is -0.106. The van der Waals surface area contributed by atoms with Gasteiger partial charge in [0.05, 0.1) is 13.5 Å². The zero-order chi connectivity index (χ0) is 16.8. The predicted octanol–water partition coefficient (Wildman–Crippen LogP) is 2.86. The number of hydrogen-bond donors (Lipinski definition) is 1. The van der Waals surface area contributed by atoms with E-state index < -0.39 is 0 Å². The van der Waals surface area contributed by atoms with Crippen molar-refractivity contribution in [3.8, 4) is 5.75 Å². The molecule has 0 aromatic heterocycles. The number of anilines is 2. The van der Waals surface area contributed by atoms with Crippen LogP contribution in [0.4, 0.5) is 11.4 Å². The van der Waals surface area contributed by atoms with Gasteiger partial charge in [0.2, 0.25) is 11.8 Å². The summed E-state index contributed by atoms with van der Waals surface area (Å²) in [6, 6.07) is 14.6. The van der Waals surface area contributed by atoms with E-state index in [1.54, 1.807) is 25.1 Å². The zero-order valence-corrected chi connectivity index (χ0v) is 13.5. The molecule has 0 fully saturated rings. The maximum Gasteiger partial charge on any atom is 0.228 e. The van der Waals surface area contributed by atoms with Crippen molar-refractivity contribution in [2.24, 2.45) is 0 Å². The number of benzene rings is 2. The Morgan fingerprint density at radius 3 is 2.43 bits per heavy atom. The van der Waals surface area contributed by atoms with Crippen LogP contribution in [0.25, 0.3) is 0 Å². The van der Waals surface area contributed by atoms with Crippen LogP contribution in [-0.2, 0) is 16.0 Å². The lowest BCUT2D eigenvalue weighted by atomic mass is 10.1. The van der Waals surface area contributed by atoms with E-state index in [9.17, 15) is 9.59 Å². The van der Waals surface area contributed by atoms with Crippen LogP contribution in [0.1, 0.15) is 12.5 Å². The van der Waals surface area contributed by atoms with Crippen molar-refractivity contribution in [3.63, 3.8) is 0 Å². The van der Waals surface area contributed by atoms with Crippen LogP contribution in [-0.4, -0.2) is 26.0 Å². The Hall–Kier alpha value is -2.82. The van der Waals surface area contributed by atoms with Gasteiger partial charge in [0.25, 0.3) is 0 Å². The number of hydrogen-bond acceptors (Lipinski definition) is 3. The Morgan fingerprint density at radius 2 is 1.83 bits per heavy atom. The number of nitrogens with one attached hydrogen (secondary N) is 1. The average Bonchev–Trinajstić information content (AvgIpc) is 2.54. The topological polar surface area (TPSA) is 58.6 Å². The van der Waals surface area contributed by atoms with Crippen molar-refractivity contribution >= 4 is 23.2 Å². The number of nitrogens with zero attached hydrogens (tertiary/aromatic N) is 1. The number of methoxy groups -OCH3 is 1. The maximum atomic E-state index is 12.1. The first-order chi connectivity index (χ1) is 11.0. The Kier molecular flexibility index (Phi) is 5.36. The molecule has 23 heavy (non-hydrogen) atoms. The van der Waals surface area contributed by atoms with Gasteiger partial charge in [-0.2, -0.15) is 0 Å². The first-order valence-electron chi connectivity index (χ1n) is 7.26. The van der Waals surface area contributed by atoms with E-state index in [4.69, 9.17) is 4.74 Å². The first-order valence-corrected chi connectivity index (χ1v) is 7.26. The minimum absolute atomic E-state index is 0.0338. The van der Waals surface area contributed by atoms with Crippen LogP contribution < -0.4 is 15.0 Å². The number of amides is 2. The number of rotatable bonds is 5. The summed E-state index contributed by atoms with van der Waals surface area (Å²) in [5.74, 6) is 0.555. The van der Waals surface area contributed by atoms with Gasteiger partial charge in [-0.25, -0.2) is 0 Å². The van der Waals surface area contributed by atoms with Gasteiger partial charge >= 0.3 is 0 Å². The van der Waals surface area contributed by atoms with Gasteiger partial charge in [-0.1, -0.05) is 18.2 Å². The summed E-state index contributed by atoms with van der Waals surface area (Å²) >= 11 is 0. The molecule has 0 aliphatic carbocycles. The molecule has 5 nitrogen and oxygen atoms in total. The molecule has 5 heteroatoms. The molecule has 0 atom stereocenters. The second-order valence-electron chi connectivity index (χ2n) is 5.20. The van der Waals surface area contributed by atoms with Gasteiger partial charge < -0.3 is 15.0 Å². The van der Waals surface area contributed by atoms with Crippen LogP contribution in [0, 0.1) is 0 Å². The van der Waals surface area contributed by atoms with Crippen molar-refractivity contribution in [2.75, 3.05) is 24.4 Å². The molecule has 2 aromatic rings. The Morgan fingerprint density at radius 1 is 1.13 bits per heavy atom. The predicted molar refractivity (Wildman–Crippen MR) is 90.9 cm³/mol. The summed E-state index contributed by atoms with van der Waals surface area (Å²) in [6.45, 7) is 1.51. The number of ether oxygens (including phenoxy) is 1. The summed E-state index contributed by atoms with van der Waals surface area (Å²) in [5.41, 5.74) is 2.38. The third-order valence-corrected chi connectivity index (χ3v) is 3.51. The highest BCUT2D eigenvalue weighted by molar-refractivity contribution is 5.93. The molecule has 2 aromatic carbocycles. The fraction of sp³-hybridized carbons (Fsp3) is 0.222. The van der Waals surface area contributed by atoms with Crippen molar-refractivity contribution in [1.29, 1.82) is 0 Å². The van der Waals surface area contributed by atoms with Crippen molar-refractivity contribution in [2.45, 2.75) is 13.3 Å². The molecule has 2 rings (SSSR count). The molecule has 0 heterocycles. The summed E-state index contributed by atoms with van der Waals surface area (Å²) in [5, 5.41) is 2.84. The van der Waals surface area contributed by atoms with Crippen molar-refractivity contribution < 1.29 is 14.3 Å². The van der Waals surface area contributed by atoms with Crippen LogP contribution in [0.2, 0.25) is 0 Å². The average molecular weight is 312 g/mol. The normalized spacial score (nSPS) is 10.0. The quantitative estimate of drug-likeness (QED) is 0.923. The molecule has 0 spiro atoms. The van der Waals surface area contributed by atoms with Gasteiger partial charge in [-0.05, 0) is 29.8 Å². The van der Waals surface area contributed by atoms with Crippen LogP contribution in [0.3, 0.4) is 0 Å². The molecular formula is C18H20N2O3. The van der Waals surface area contributed by atoms with Crippen LogP contribution >= 0.6 is 0 Å². The smallest absolute Gasteiger partial charge is 0.228 e. The number of carbonyl (C=O) groups is 2. The monoisotopic (exact) mass is 312 g/mol. The van der Waals surface area contributed by atoms with Gasteiger partial charge in [0, 0.05) is 31.4 Å². The van der Waals surface area contributed by atoms with Gasteiger partial charge in [0.1, 0.15) is 5.75 Å². The van der Waals surface area contributed by atoms with Gasteiger partial charge in [-0.3, -0.25) is 9.59 Å². The second-order valence-corrected chi connectivity index (χ2v) is 5.20. The third-order valence-electron chi connectivity index (χ3n) is 3.51. The van der Waals surface area contributed by atoms with E-state index in [1.807, 2.05) is 42.5 Å². The lowest BCUT2D eigenvalue weighted by molar-refractivity contribution is -0.116. The zero-order valence-electron chi connectivity index (χ0n) is 13.5. The molecular weight excluding hydrogens is 292 g/mol. The Balaban J connectivity index is 1.98.